The highest BCUT2D eigenvalue weighted by atomic mass is 16.5. The molecule has 1 atom stereocenters. The minimum absolute atomic E-state index is 0.110. The minimum atomic E-state index is -0.540. The Morgan fingerprint density at radius 2 is 2.19 bits per heavy atom. The predicted octanol–water partition coefficient (Wildman–Crippen LogP) is -0.342. The molecule has 1 amide bonds. The van der Waals surface area contributed by atoms with Gasteiger partial charge in [0, 0.05) is 44.2 Å². The van der Waals surface area contributed by atoms with Gasteiger partial charge in [0.05, 0.1) is 6.54 Å². The molecule has 0 unspecified atom stereocenters. The van der Waals surface area contributed by atoms with Crippen LogP contribution in [0.25, 0.3) is 0 Å². The SMILES string of the molecule is N#Cc1nccnc1O[C@@H]1CCCN(C(=O)CCn2ccc(=O)[nH]c2=O)C1. The standard InChI is InChI=1S/C17H18N6O4/c18-10-13-16(20-6-5-19-13)27-12-2-1-7-23(11-12)15(25)4-9-22-8-3-14(24)21-17(22)26/h3,5-6,8,12H,1-2,4,7,9,11H2,(H,21,24,26)/t12-/m1/s1. The molecular formula is C17H18N6O4. The number of amides is 1. The number of nitriles is 1. The van der Waals surface area contributed by atoms with Crippen LogP contribution in [0.5, 0.6) is 5.88 Å². The second-order valence-corrected chi connectivity index (χ2v) is 6.10. The van der Waals surface area contributed by atoms with Crippen LogP contribution < -0.4 is 16.0 Å². The van der Waals surface area contributed by atoms with Crippen molar-refractivity contribution in [2.45, 2.75) is 31.9 Å². The summed E-state index contributed by atoms with van der Waals surface area (Å²) in [6.07, 6.45) is 5.59. The molecule has 27 heavy (non-hydrogen) atoms. The van der Waals surface area contributed by atoms with Crippen molar-refractivity contribution in [1.82, 2.24) is 24.4 Å². The zero-order valence-corrected chi connectivity index (χ0v) is 14.5. The average molecular weight is 370 g/mol. The number of ether oxygens (including phenoxy) is 1. The number of carbonyl (C=O) groups is 1. The van der Waals surface area contributed by atoms with E-state index in [1.54, 1.807) is 4.90 Å². The van der Waals surface area contributed by atoms with E-state index in [0.29, 0.717) is 13.1 Å². The lowest BCUT2D eigenvalue weighted by molar-refractivity contribution is -0.134. The normalized spacial score (nSPS) is 16.6. The fourth-order valence-electron chi connectivity index (χ4n) is 2.90. The van der Waals surface area contributed by atoms with E-state index in [1.165, 1.54) is 29.2 Å². The van der Waals surface area contributed by atoms with E-state index in [-0.39, 0.29) is 36.6 Å². The number of H-pyrrole nitrogens is 1. The summed E-state index contributed by atoms with van der Waals surface area (Å²) in [5.41, 5.74) is -0.903. The summed E-state index contributed by atoms with van der Waals surface area (Å²) in [7, 11) is 0. The van der Waals surface area contributed by atoms with Gasteiger partial charge in [0.2, 0.25) is 11.6 Å². The Morgan fingerprint density at radius 3 is 2.96 bits per heavy atom. The van der Waals surface area contributed by atoms with Gasteiger partial charge in [-0.25, -0.2) is 14.8 Å². The molecular weight excluding hydrogens is 352 g/mol. The van der Waals surface area contributed by atoms with Crippen molar-refractivity contribution in [3.05, 3.63) is 51.2 Å². The van der Waals surface area contributed by atoms with Gasteiger partial charge in [0.25, 0.3) is 11.4 Å². The van der Waals surface area contributed by atoms with Gasteiger partial charge in [-0.1, -0.05) is 0 Å². The van der Waals surface area contributed by atoms with Crippen LogP contribution in [0, 0.1) is 11.3 Å². The lowest BCUT2D eigenvalue weighted by Gasteiger charge is -2.32. The molecule has 2 aromatic heterocycles. The number of aromatic amines is 1. The molecule has 0 spiro atoms. The number of nitrogens with zero attached hydrogens (tertiary/aromatic N) is 5. The number of carbonyl (C=O) groups excluding carboxylic acids is 1. The summed E-state index contributed by atoms with van der Waals surface area (Å²) in [4.78, 5) is 47.0. The fourth-order valence-corrected chi connectivity index (χ4v) is 2.90. The number of hydrogen-bond donors (Lipinski definition) is 1. The summed E-state index contributed by atoms with van der Waals surface area (Å²) < 4.78 is 7.06. The van der Waals surface area contributed by atoms with Crippen LogP contribution in [0.15, 0.2) is 34.2 Å². The topological polar surface area (TPSA) is 134 Å². The maximum Gasteiger partial charge on any atom is 0.328 e. The number of hydrogen-bond acceptors (Lipinski definition) is 7. The van der Waals surface area contributed by atoms with Gasteiger partial charge in [-0.3, -0.25) is 14.6 Å². The van der Waals surface area contributed by atoms with E-state index in [0.717, 1.165) is 12.8 Å². The lowest BCUT2D eigenvalue weighted by atomic mass is 10.1. The van der Waals surface area contributed by atoms with Crippen LogP contribution in [0.1, 0.15) is 25.0 Å². The molecule has 3 rings (SSSR count). The Kier molecular flexibility index (Phi) is 5.61. The monoisotopic (exact) mass is 370 g/mol. The fraction of sp³-hybridized carbons (Fsp3) is 0.412. The predicted molar refractivity (Wildman–Crippen MR) is 92.9 cm³/mol. The Balaban J connectivity index is 1.58. The number of aryl methyl sites for hydroxylation is 1. The molecule has 1 aliphatic heterocycles. The van der Waals surface area contributed by atoms with Gasteiger partial charge >= 0.3 is 5.69 Å². The van der Waals surface area contributed by atoms with Crippen molar-refractivity contribution in [2.75, 3.05) is 13.1 Å². The molecule has 0 bridgehead atoms. The van der Waals surface area contributed by atoms with Gasteiger partial charge in [0.1, 0.15) is 12.2 Å². The molecule has 10 nitrogen and oxygen atoms in total. The molecule has 1 fully saturated rings. The van der Waals surface area contributed by atoms with Gasteiger partial charge in [0.15, 0.2) is 0 Å². The Morgan fingerprint density at radius 1 is 1.37 bits per heavy atom. The van der Waals surface area contributed by atoms with Crippen LogP contribution in [-0.2, 0) is 11.3 Å². The first-order valence-corrected chi connectivity index (χ1v) is 8.52. The summed E-state index contributed by atoms with van der Waals surface area (Å²) in [6.45, 7) is 1.16. The van der Waals surface area contributed by atoms with E-state index in [4.69, 9.17) is 10.00 Å². The summed E-state index contributed by atoms with van der Waals surface area (Å²) in [5, 5.41) is 9.06. The highest BCUT2D eigenvalue weighted by Gasteiger charge is 2.26. The molecule has 1 saturated heterocycles. The quantitative estimate of drug-likeness (QED) is 0.761. The van der Waals surface area contributed by atoms with Gasteiger partial charge in [-0.05, 0) is 12.8 Å². The Hall–Kier alpha value is -3.48. The van der Waals surface area contributed by atoms with Crippen molar-refractivity contribution in [2.24, 2.45) is 0 Å². The first kappa shape index (κ1) is 18.3. The molecule has 0 aliphatic carbocycles. The number of likely N-dealkylation sites (tertiary alicyclic amines) is 1. The third kappa shape index (κ3) is 4.58. The molecule has 0 aromatic carbocycles. The third-order valence-electron chi connectivity index (χ3n) is 4.24. The van der Waals surface area contributed by atoms with Crippen molar-refractivity contribution in [1.29, 1.82) is 5.26 Å². The largest absolute Gasteiger partial charge is 0.470 e. The lowest BCUT2D eigenvalue weighted by Crippen LogP contribution is -2.45. The smallest absolute Gasteiger partial charge is 0.328 e. The highest BCUT2D eigenvalue weighted by Crippen LogP contribution is 2.19. The Bertz CT molecular complexity index is 976. The maximum absolute atomic E-state index is 12.5. The van der Waals surface area contributed by atoms with Crippen LogP contribution >= 0.6 is 0 Å². The minimum Gasteiger partial charge on any atom is -0.470 e. The molecule has 2 aromatic rings. The van der Waals surface area contributed by atoms with E-state index in [1.807, 2.05) is 6.07 Å². The maximum atomic E-state index is 12.5. The Labute approximate surface area is 154 Å². The summed E-state index contributed by atoms with van der Waals surface area (Å²) in [5.74, 6) is 0.0557. The van der Waals surface area contributed by atoms with Crippen LogP contribution in [0.3, 0.4) is 0 Å². The van der Waals surface area contributed by atoms with E-state index >= 15 is 0 Å². The molecule has 1 aliphatic rings. The zero-order valence-electron chi connectivity index (χ0n) is 14.5. The molecule has 0 radical (unpaired) electrons. The van der Waals surface area contributed by atoms with E-state index < -0.39 is 11.2 Å². The van der Waals surface area contributed by atoms with Crippen molar-refractivity contribution < 1.29 is 9.53 Å². The number of aromatic nitrogens is 4. The van der Waals surface area contributed by atoms with Crippen LogP contribution in [0.4, 0.5) is 0 Å². The molecule has 10 heteroatoms. The van der Waals surface area contributed by atoms with E-state index in [9.17, 15) is 14.4 Å². The first-order chi connectivity index (χ1) is 13.1. The molecule has 3 heterocycles. The summed E-state index contributed by atoms with van der Waals surface area (Å²) >= 11 is 0. The van der Waals surface area contributed by atoms with Gasteiger partial charge < -0.3 is 14.2 Å². The average Bonchev–Trinajstić information content (AvgIpc) is 2.68. The van der Waals surface area contributed by atoms with Crippen molar-refractivity contribution in [3.8, 4) is 11.9 Å². The number of nitrogens with one attached hydrogen (secondary N) is 1. The highest BCUT2D eigenvalue weighted by molar-refractivity contribution is 5.76. The zero-order chi connectivity index (χ0) is 19.2. The number of rotatable bonds is 5. The van der Waals surface area contributed by atoms with Crippen LogP contribution in [0.2, 0.25) is 0 Å². The number of piperidine rings is 1. The van der Waals surface area contributed by atoms with Crippen LogP contribution in [-0.4, -0.2) is 49.5 Å². The van der Waals surface area contributed by atoms with Crippen molar-refractivity contribution >= 4 is 5.91 Å². The van der Waals surface area contributed by atoms with Gasteiger partial charge in [-0.2, -0.15) is 5.26 Å². The molecule has 1 N–H and O–H groups in total. The summed E-state index contributed by atoms with van der Waals surface area (Å²) in [6, 6.07) is 3.17. The van der Waals surface area contributed by atoms with Crippen molar-refractivity contribution in [3.63, 3.8) is 0 Å². The molecule has 0 saturated carbocycles. The first-order valence-electron chi connectivity index (χ1n) is 8.52. The second kappa shape index (κ2) is 8.27. The molecule has 140 valence electrons. The van der Waals surface area contributed by atoms with E-state index in [2.05, 4.69) is 15.0 Å². The third-order valence-corrected chi connectivity index (χ3v) is 4.24. The van der Waals surface area contributed by atoms with Gasteiger partial charge in [-0.15, -0.1) is 0 Å². The second-order valence-electron chi connectivity index (χ2n) is 6.10.